The number of nitriles is 1. The quantitative estimate of drug-likeness (QED) is 0.588. The van der Waals surface area contributed by atoms with Gasteiger partial charge < -0.3 is 15.6 Å². The normalized spacial score (nSPS) is 18.9. The second-order valence-electron chi connectivity index (χ2n) is 7.82. The summed E-state index contributed by atoms with van der Waals surface area (Å²) in [6.45, 7) is 4.94. The van der Waals surface area contributed by atoms with Gasteiger partial charge in [-0.15, -0.1) is 0 Å². The summed E-state index contributed by atoms with van der Waals surface area (Å²) in [7, 11) is 0. The minimum absolute atomic E-state index is 0.213. The number of carbonyl (C=O) groups is 1. The molecule has 3 heterocycles. The molecule has 166 valence electrons. The number of aryl methyl sites for hydroxylation is 1. The number of hydrogen-bond donors (Lipinski definition) is 2. The van der Waals surface area contributed by atoms with Crippen molar-refractivity contribution in [3.8, 4) is 6.07 Å². The summed E-state index contributed by atoms with van der Waals surface area (Å²) in [5.41, 5.74) is 6.36. The van der Waals surface area contributed by atoms with E-state index >= 15 is 0 Å². The van der Waals surface area contributed by atoms with Gasteiger partial charge in [-0.2, -0.15) is 10.4 Å². The highest BCUT2D eigenvalue weighted by Crippen LogP contribution is 2.30. The molecular formula is C22H25FN8O. The monoisotopic (exact) mass is 436 g/mol. The van der Waals surface area contributed by atoms with Crippen LogP contribution in [0, 0.1) is 23.1 Å². The molecule has 32 heavy (non-hydrogen) atoms. The standard InChI is InChI=1S/C22H25FN8O/c1-2-30-10-8-26-20(30)14-29-9-7-15(11-24)19(13-29)31-12-18(21(25)32)22(28-31)27-17-5-3-16(23)4-6-17/h3-6,8,10,12,15,19H,2,7,9,13-14H2,1H3,(H2,25,32)(H,27,28)/t15-,19+/m1/s1. The van der Waals surface area contributed by atoms with E-state index in [0.717, 1.165) is 18.9 Å². The molecule has 0 unspecified atom stereocenters. The smallest absolute Gasteiger partial charge is 0.254 e. The molecule has 1 fully saturated rings. The number of nitrogens with zero attached hydrogens (tertiary/aromatic N) is 6. The molecule has 0 aliphatic carbocycles. The molecule has 1 aromatic carbocycles. The highest BCUT2D eigenvalue weighted by molar-refractivity contribution is 5.98. The number of likely N-dealkylation sites (tertiary alicyclic amines) is 1. The molecule has 1 amide bonds. The molecule has 3 N–H and O–H groups in total. The van der Waals surface area contributed by atoms with Crippen molar-refractivity contribution in [1.29, 1.82) is 5.26 Å². The number of nitrogens with one attached hydrogen (secondary N) is 1. The molecular weight excluding hydrogens is 411 g/mol. The van der Waals surface area contributed by atoms with Crippen LogP contribution in [0.3, 0.4) is 0 Å². The largest absolute Gasteiger partial charge is 0.365 e. The Balaban J connectivity index is 1.58. The lowest BCUT2D eigenvalue weighted by molar-refractivity contribution is 0.1000. The van der Waals surface area contributed by atoms with Gasteiger partial charge in [0.1, 0.15) is 17.2 Å². The predicted octanol–water partition coefficient (Wildman–Crippen LogP) is 2.67. The lowest BCUT2D eigenvalue weighted by atomic mass is 9.93. The zero-order chi connectivity index (χ0) is 22.7. The average Bonchev–Trinajstić information content (AvgIpc) is 3.42. The van der Waals surface area contributed by atoms with Crippen molar-refractivity contribution < 1.29 is 9.18 Å². The number of aromatic nitrogens is 4. The first-order chi connectivity index (χ1) is 15.5. The van der Waals surface area contributed by atoms with Crippen molar-refractivity contribution in [3.05, 3.63) is 60.1 Å². The first kappa shape index (κ1) is 21.5. The van der Waals surface area contributed by atoms with Crippen LogP contribution in [0.15, 0.2) is 42.9 Å². The first-order valence-corrected chi connectivity index (χ1v) is 10.5. The van der Waals surface area contributed by atoms with Crippen LogP contribution in [0.4, 0.5) is 15.9 Å². The molecule has 2 atom stereocenters. The number of carbonyl (C=O) groups excluding carboxylic acids is 1. The van der Waals surface area contributed by atoms with Gasteiger partial charge in [0, 0.05) is 43.9 Å². The van der Waals surface area contributed by atoms with Crippen LogP contribution in [0.5, 0.6) is 0 Å². The number of piperidine rings is 1. The third-order valence-corrected chi connectivity index (χ3v) is 5.78. The van der Waals surface area contributed by atoms with E-state index in [4.69, 9.17) is 5.73 Å². The zero-order valence-electron chi connectivity index (χ0n) is 17.8. The van der Waals surface area contributed by atoms with Gasteiger partial charge in [0.15, 0.2) is 5.82 Å². The van der Waals surface area contributed by atoms with Crippen molar-refractivity contribution in [2.45, 2.75) is 32.5 Å². The average molecular weight is 436 g/mol. The predicted molar refractivity (Wildman–Crippen MR) is 116 cm³/mol. The SMILES string of the molecule is CCn1ccnc1CN1CC[C@H](C#N)[C@@H](n2cc(C(N)=O)c(Nc3ccc(F)cc3)n2)C1. The van der Waals surface area contributed by atoms with E-state index in [1.165, 1.54) is 12.1 Å². The Hall–Kier alpha value is -3.71. The Kier molecular flexibility index (Phi) is 6.18. The van der Waals surface area contributed by atoms with Gasteiger partial charge in [-0.1, -0.05) is 0 Å². The lowest BCUT2D eigenvalue weighted by Gasteiger charge is -2.35. The molecule has 10 heteroatoms. The van der Waals surface area contributed by atoms with E-state index in [1.54, 1.807) is 29.2 Å². The van der Waals surface area contributed by atoms with Crippen molar-refractivity contribution in [1.82, 2.24) is 24.2 Å². The summed E-state index contributed by atoms with van der Waals surface area (Å²) in [4.78, 5) is 18.7. The maximum absolute atomic E-state index is 13.2. The number of rotatable bonds is 7. The molecule has 0 bridgehead atoms. The highest BCUT2D eigenvalue weighted by Gasteiger charge is 2.33. The van der Waals surface area contributed by atoms with Gasteiger partial charge in [-0.25, -0.2) is 9.37 Å². The highest BCUT2D eigenvalue weighted by atomic mass is 19.1. The van der Waals surface area contributed by atoms with Crippen LogP contribution >= 0.6 is 0 Å². The fourth-order valence-corrected chi connectivity index (χ4v) is 4.04. The van der Waals surface area contributed by atoms with E-state index in [9.17, 15) is 14.4 Å². The second kappa shape index (κ2) is 9.20. The summed E-state index contributed by atoms with van der Waals surface area (Å²) in [5, 5.41) is 17.3. The fourth-order valence-electron chi connectivity index (χ4n) is 4.04. The van der Waals surface area contributed by atoms with Crippen LogP contribution in [0.25, 0.3) is 0 Å². The zero-order valence-corrected chi connectivity index (χ0v) is 17.8. The van der Waals surface area contributed by atoms with Gasteiger partial charge >= 0.3 is 0 Å². The Bertz CT molecular complexity index is 1130. The van der Waals surface area contributed by atoms with E-state index in [1.807, 2.05) is 6.20 Å². The lowest BCUT2D eigenvalue weighted by Crippen LogP contribution is -2.41. The summed E-state index contributed by atoms with van der Waals surface area (Å²) < 4.78 is 17.0. The maximum Gasteiger partial charge on any atom is 0.254 e. The van der Waals surface area contributed by atoms with Crippen LogP contribution in [-0.2, 0) is 13.1 Å². The molecule has 2 aromatic heterocycles. The van der Waals surface area contributed by atoms with Crippen LogP contribution < -0.4 is 11.1 Å². The molecule has 3 aromatic rings. The number of nitrogens with two attached hydrogens (primary N) is 1. The van der Waals surface area contributed by atoms with Gasteiger partial charge in [0.2, 0.25) is 0 Å². The number of amides is 1. The van der Waals surface area contributed by atoms with Crippen LogP contribution in [-0.4, -0.2) is 43.2 Å². The van der Waals surface area contributed by atoms with Crippen molar-refractivity contribution in [3.63, 3.8) is 0 Å². The minimum atomic E-state index is -0.632. The molecule has 1 saturated heterocycles. The molecule has 1 aliphatic rings. The van der Waals surface area contributed by atoms with E-state index in [-0.39, 0.29) is 29.2 Å². The summed E-state index contributed by atoms with van der Waals surface area (Å²) in [6.07, 6.45) is 6.01. The second-order valence-corrected chi connectivity index (χ2v) is 7.82. The van der Waals surface area contributed by atoms with E-state index in [2.05, 4.69) is 37.9 Å². The van der Waals surface area contributed by atoms with E-state index < -0.39 is 5.91 Å². The Morgan fingerprint density at radius 2 is 2.16 bits per heavy atom. The van der Waals surface area contributed by atoms with Crippen molar-refractivity contribution in [2.75, 3.05) is 18.4 Å². The summed E-state index contributed by atoms with van der Waals surface area (Å²) in [5.74, 6) is 0.000561. The van der Waals surface area contributed by atoms with Gasteiger partial charge in [0.05, 0.1) is 24.6 Å². The Morgan fingerprint density at radius 1 is 1.38 bits per heavy atom. The number of benzene rings is 1. The van der Waals surface area contributed by atoms with Crippen molar-refractivity contribution >= 4 is 17.4 Å². The van der Waals surface area contributed by atoms with E-state index in [0.29, 0.717) is 25.2 Å². The van der Waals surface area contributed by atoms with Gasteiger partial charge in [-0.05, 0) is 37.6 Å². The number of hydrogen-bond acceptors (Lipinski definition) is 6. The molecule has 4 rings (SSSR count). The fraction of sp³-hybridized carbons (Fsp3) is 0.364. The molecule has 0 saturated carbocycles. The molecule has 1 aliphatic heterocycles. The number of halogens is 1. The topological polar surface area (TPSA) is 118 Å². The molecule has 0 radical (unpaired) electrons. The van der Waals surface area contributed by atoms with Crippen molar-refractivity contribution in [2.24, 2.45) is 11.7 Å². The van der Waals surface area contributed by atoms with Gasteiger partial charge in [0.25, 0.3) is 5.91 Å². The summed E-state index contributed by atoms with van der Waals surface area (Å²) in [6, 6.07) is 7.86. The Morgan fingerprint density at radius 3 is 2.84 bits per heavy atom. The number of imidazole rings is 1. The van der Waals surface area contributed by atoms with Gasteiger partial charge in [-0.3, -0.25) is 14.4 Å². The Labute approximate surface area is 185 Å². The third kappa shape index (κ3) is 4.48. The van der Waals surface area contributed by atoms with Crippen LogP contribution in [0.1, 0.15) is 35.6 Å². The van der Waals surface area contributed by atoms with Crippen LogP contribution in [0.2, 0.25) is 0 Å². The molecule has 0 spiro atoms. The first-order valence-electron chi connectivity index (χ1n) is 10.5. The maximum atomic E-state index is 13.2. The minimum Gasteiger partial charge on any atom is -0.365 e. The number of anilines is 2. The number of primary amides is 1. The molecule has 9 nitrogen and oxygen atoms in total. The third-order valence-electron chi connectivity index (χ3n) is 5.78. The summed E-state index contributed by atoms with van der Waals surface area (Å²) >= 11 is 0.